The molecule has 0 spiro atoms. The third kappa shape index (κ3) is 3.13. The number of carbonyl (C=O) groups is 1. The normalized spacial score (nSPS) is 23.5. The van der Waals surface area contributed by atoms with Gasteiger partial charge >= 0.3 is 5.97 Å². The van der Waals surface area contributed by atoms with Crippen LogP contribution in [-0.2, 0) is 19.4 Å². The molecule has 2 aromatic carbocycles. The Hall–Kier alpha value is -2.56. The smallest absolute Gasteiger partial charge is 0.328 e. The third-order valence-electron chi connectivity index (χ3n) is 4.88. The minimum Gasteiger partial charge on any atom is -0.497 e. The molecule has 0 aliphatic heterocycles. The Bertz CT molecular complexity index is 1030. The van der Waals surface area contributed by atoms with Crippen LogP contribution in [-0.4, -0.2) is 33.4 Å². The Kier molecular flexibility index (Phi) is 5.37. The number of halogens is 1. The van der Waals surface area contributed by atoms with Crippen molar-refractivity contribution in [3.05, 3.63) is 59.1 Å². The Morgan fingerprint density at radius 2 is 1.79 bits per heavy atom. The summed E-state index contributed by atoms with van der Waals surface area (Å²) in [5, 5.41) is 8.99. The number of esters is 1. The molecule has 0 unspecified atom stereocenters. The maximum Gasteiger partial charge on any atom is 0.328 e. The summed E-state index contributed by atoms with van der Waals surface area (Å²) in [5.41, 5.74) is -1.25. The molecule has 6 nitrogen and oxygen atoms in total. The number of sulfone groups is 1. The van der Waals surface area contributed by atoms with Crippen molar-refractivity contribution in [2.45, 2.75) is 23.0 Å². The molecule has 0 heterocycles. The van der Waals surface area contributed by atoms with E-state index >= 15 is 0 Å². The summed E-state index contributed by atoms with van der Waals surface area (Å²) < 4.78 is 36.7. The highest BCUT2D eigenvalue weighted by Crippen LogP contribution is 2.64. The van der Waals surface area contributed by atoms with Gasteiger partial charge in [-0.25, -0.2) is 8.42 Å². The molecule has 0 amide bonds. The van der Waals surface area contributed by atoms with E-state index in [0.29, 0.717) is 16.3 Å². The van der Waals surface area contributed by atoms with Crippen molar-refractivity contribution in [1.82, 2.24) is 0 Å². The largest absolute Gasteiger partial charge is 0.497 e. The predicted octanol–water partition coefficient (Wildman–Crippen LogP) is 3.36. The molecular formula is C20H18ClNO5S. The van der Waals surface area contributed by atoms with Crippen LogP contribution in [0.15, 0.2) is 53.4 Å². The lowest BCUT2D eigenvalue weighted by atomic mass is 10.0. The van der Waals surface area contributed by atoms with Gasteiger partial charge in [0.25, 0.3) is 0 Å². The van der Waals surface area contributed by atoms with Gasteiger partial charge < -0.3 is 9.47 Å². The number of hydrogen-bond acceptors (Lipinski definition) is 6. The number of carbonyl (C=O) groups excluding carboxylic acids is 1. The zero-order valence-corrected chi connectivity index (χ0v) is 16.8. The van der Waals surface area contributed by atoms with Crippen LogP contribution in [0.1, 0.15) is 18.4 Å². The number of nitrogens with zero attached hydrogens (tertiary/aromatic N) is 1. The second-order valence-electron chi connectivity index (χ2n) is 6.37. The molecule has 3 atom stereocenters. The molecule has 0 bridgehead atoms. The van der Waals surface area contributed by atoms with E-state index in [1.165, 1.54) is 31.4 Å². The van der Waals surface area contributed by atoms with Gasteiger partial charge in [0.2, 0.25) is 0 Å². The summed E-state index contributed by atoms with van der Waals surface area (Å²) in [6.45, 7) is 1.65. The third-order valence-corrected chi connectivity index (χ3v) is 7.38. The standard InChI is InChI=1S/C20H18ClNO5S/c1-3-27-19(23)20(12-22)17(13-4-8-15(26-2)9-5-13)18(20)28(24,25)16-10-6-14(21)7-11-16/h4-11,17-18H,3H2,1-2H3/t17-,18-,20-/m1/s1. The number of rotatable bonds is 6. The summed E-state index contributed by atoms with van der Waals surface area (Å²) in [5.74, 6) is -1.09. The van der Waals surface area contributed by atoms with Crippen LogP contribution >= 0.6 is 11.6 Å². The zero-order chi connectivity index (χ0) is 20.5. The summed E-state index contributed by atoms with van der Waals surface area (Å²) in [4.78, 5) is 12.7. The van der Waals surface area contributed by atoms with Gasteiger partial charge in [0.1, 0.15) is 11.0 Å². The number of nitriles is 1. The molecule has 1 saturated carbocycles. The van der Waals surface area contributed by atoms with Gasteiger partial charge in [-0.05, 0) is 48.9 Å². The maximum atomic E-state index is 13.3. The van der Waals surface area contributed by atoms with Crippen molar-refractivity contribution >= 4 is 27.4 Å². The van der Waals surface area contributed by atoms with Crippen molar-refractivity contribution in [3.63, 3.8) is 0 Å². The fourth-order valence-electron chi connectivity index (χ4n) is 3.47. The fourth-order valence-corrected chi connectivity index (χ4v) is 5.84. The molecule has 28 heavy (non-hydrogen) atoms. The molecule has 0 aromatic heterocycles. The Morgan fingerprint density at radius 3 is 2.29 bits per heavy atom. The van der Waals surface area contributed by atoms with Crippen LogP contribution in [0.3, 0.4) is 0 Å². The highest BCUT2D eigenvalue weighted by molar-refractivity contribution is 7.92. The summed E-state index contributed by atoms with van der Waals surface area (Å²) >= 11 is 5.85. The van der Waals surface area contributed by atoms with Gasteiger partial charge in [-0.1, -0.05) is 23.7 Å². The van der Waals surface area contributed by atoms with E-state index in [1.54, 1.807) is 31.2 Å². The van der Waals surface area contributed by atoms with Crippen LogP contribution in [0, 0.1) is 16.7 Å². The first-order valence-electron chi connectivity index (χ1n) is 8.54. The first-order valence-corrected chi connectivity index (χ1v) is 10.5. The molecule has 0 N–H and O–H groups in total. The van der Waals surface area contributed by atoms with E-state index < -0.39 is 32.4 Å². The highest BCUT2D eigenvalue weighted by Gasteiger charge is 2.77. The van der Waals surface area contributed by atoms with Crippen LogP contribution in [0.2, 0.25) is 5.02 Å². The monoisotopic (exact) mass is 419 g/mol. The molecule has 2 aromatic rings. The molecule has 1 aliphatic rings. The molecule has 3 rings (SSSR count). The van der Waals surface area contributed by atoms with Crippen molar-refractivity contribution in [3.8, 4) is 11.8 Å². The lowest BCUT2D eigenvalue weighted by Gasteiger charge is -2.09. The molecule has 8 heteroatoms. The second-order valence-corrected chi connectivity index (χ2v) is 8.88. The minimum absolute atomic E-state index is 0.00170. The number of hydrogen-bond donors (Lipinski definition) is 0. The summed E-state index contributed by atoms with van der Waals surface area (Å²) in [6, 6.07) is 14.2. The molecule has 0 saturated heterocycles. The van der Waals surface area contributed by atoms with Crippen LogP contribution in [0.25, 0.3) is 0 Å². The first kappa shape index (κ1) is 20.2. The lowest BCUT2D eigenvalue weighted by molar-refractivity contribution is -0.147. The average molecular weight is 420 g/mol. The Balaban J connectivity index is 2.11. The number of ether oxygens (including phenoxy) is 2. The fraction of sp³-hybridized carbons (Fsp3) is 0.300. The van der Waals surface area contributed by atoms with Gasteiger partial charge in [0.05, 0.1) is 24.7 Å². The van der Waals surface area contributed by atoms with E-state index in [9.17, 15) is 18.5 Å². The molecular weight excluding hydrogens is 402 g/mol. The van der Waals surface area contributed by atoms with Crippen LogP contribution < -0.4 is 4.74 Å². The van der Waals surface area contributed by atoms with Crippen molar-refractivity contribution < 1.29 is 22.7 Å². The Morgan fingerprint density at radius 1 is 1.18 bits per heavy atom. The minimum atomic E-state index is -3.99. The predicted molar refractivity (Wildman–Crippen MR) is 103 cm³/mol. The van der Waals surface area contributed by atoms with Crippen molar-refractivity contribution in [2.75, 3.05) is 13.7 Å². The quantitative estimate of drug-likeness (QED) is 0.666. The van der Waals surface area contributed by atoms with Crippen LogP contribution in [0.5, 0.6) is 5.75 Å². The molecule has 1 aliphatic carbocycles. The summed E-state index contributed by atoms with van der Waals surface area (Å²) in [7, 11) is -2.48. The first-order chi connectivity index (χ1) is 13.3. The van der Waals surface area contributed by atoms with E-state index in [2.05, 4.69) is 0 Å². The van der Waals surface area contributed by atoms with Crippen molar-refractivity contribution in [2.24, 2.45) is 5.41 Å². The summed E-state index contributed by atoms with van der Waals surface area (Å²) in [6.07, 6.45) is 0. The van der Waals surface area contributed by atoms with Crippen molar-refractivity contribution in [1.29, 1.82) is 5.26 Å². The average Bonchev–Trinajstić information content (AvgIpc) is 3.40. The SMILES string of the molecule is CCOC(=O)[C@]1(C#N)[C@H](c2ccc(OC)cc2)[C@H]1S(=O)(=O)c1ccc(Cl)cc1. The molecule has 1 fully saturated rings. The molecule has 0 radical (unpaired) electrons. The topological polar surface area (TPSA) is 93.5 Å². The van der Waals surface area contributed by atoms with Gasteiger partial charge in [-0.2, -0.15) is 5.26 Å². The van der Waals surface area contributed by atoms with Gasteiger partial charge in [0, 0.05) is 10.9 Å². The molecule has 146 valence electrons. The zero-order valence-electron chi connectivity index (χ0n) is 15.3. The van der Waals surface area contributed by atoms with Gasteiger partial charge in [-0.3, -0.25) is 4.79 Å². The second kappa shape index (κ2) is 7.46. The van der Waals surface area contributed by atoms with E-state index in [1.807, 2.05) is 6.07 Å². The lowest BCUT2D eigenvalue weighted by Crippen LogP contribution is -2.25. The number of methoxy groups -OCH3 is 1. The van der Waals surface area contributed by atoms with E-state index in [0.717, 1.165) is 0 Å². The van der Waals surface area contributed by atoms with Gasteiger partial charge in [-0.15, -0.1) is 0 Å². The van der Waals surface area contributed by atoms with Crippen LogP contribution in [0.4, 0.5) is 0 Å². The Labute approximate surface area is 168 Å². The highest BCUT2D eigenvalue weighted by atomic mass is 35.5. The number of benzene rings is 2. The van der Waals surface area contributed by atoms with E-state index in [-0.39, 0.29) is 11.5 Å². The van der Waals surface area contributed by atoms with Gasteiger partial charge in [0.15, 0.2) is 15.3 Å². The maximum absolute atomic E-state index is 13.3. The van der Waals surface area contributed by atoms with E-state index in [4.69, 9.17) is 21.1 Å².